The Hall–Kier alpha value is -1.62. The second-order valence-corrected chi connectivity index (χ2v) is 11.0. The molecule has 1 N–H and O–H groups in total. The van der Waals surface area contributed by atoms with Crippen molar-refractivity contribution in [1.29, 1.82) is 0 Å². The molecule has 0 aliphatic heterocycles. The van der Waals surface area contributed by atoms with E-state index in [9.17, 15) is 24.3 Å². The SMILES string of the molecule is CC(=O)C1CC2=CC(=O)CC[C@]2(C)[C@H]2CC[C@@]3(C)[C@@H](C(C(C)=O)C[C@]3(O)C(C)=O)[C@H]12. The monoisotopic (exact) mass is 414 g/mol. The van der Waals surface area contributed by atoms with E-state index in [-0.39, 0.29) is 58.6 Å². The van der Waals surface area contributed by atoms with Crippen LogP contribution >= 0.6 is 0 Å². The summed E-state index contributed by atoms with van der Waals surface area (Å²) >= 11 is 0. The molecule has 5 heteroatoms. The molecule has 0 aromatic rings. The molecule has 30 heavy (non-hydrogen) atoms. The summed E-state index contributed by atoms with van der Waals surface area (Å²) in [5, 5.41) is 11.5. The highest BCUT2D eigenvalue weighted by molar-refractivity contribution is 5.92. The molecule has 4 rings (SSSR count). The highest BCUT2D eigenvalue weighted by Crippen LogP contribution is 2.70. The van der Waals surface area contributed by atoms with Gasteiger partial charge in [-0.15, -0.1) is 0 Å². The third-order valence-electron chi connectivity index (χ3n) is 9.79. The molecule has 3 fully saturated rings. The lowest BCUT2D eigenvalue weighted by molar-refractivity contribution is -0.167. The Morgan fingerprint density at radius 2 is 1.67 bits per heavy atom. The zero-order valence-electron chi connectivity index (χ0n) is 18.8. The van der Waals surface area contributed by atoms with Crippen molar-refractivity contribution < 1.29 is 24.3 Å². The minimum Gasteiger partial charge on any atom is -0.381 e. The molecule has 164 valence electrons. The van der Waals surface area contributed by atoms with Gasteiger partial charge in [0, 0.05) is 23.7 Å². The number of carbonyl (C=O) groups excluding carboxylic acids is 4. The van der Waals surface area contributed by atoms with Gasteiger partial charge in [-0.2, -0.15) is 0 Å². The number of hydrogen-bond acceptors (Lipinski definition) is 5. The topological polar surface area (TPSA) is 88.5 Å². The molecule has 0 aromatic carbocycles. The van der Waals surface area contributed by atoms with Gasteiger partial charge in [-0.1, -0.05) is 19.4 Å². The van der Waals surface area contributed by atoms with Crippen molar-refractivity contribution in [3.63, 3.8) is 0 Å². The van der Waals surface area contributed by atoms with Crippen molar-refractivity contribution in [3.8, 4) is 0 Å². The number of aliphatic hydroxyl groups is 1. The molecule has 0 radical (unpaired) electrons. The van der Waals surface area contributed by atoms with Gasteiger partial charge >= 0.3 is 0 Å². The van der Waals surface area contributed by atoms with E-state index in [1.807, 2.05) is 6.92 Å². The highest BCUT2D eigenvalue weighted by Gasteiger charge is 2.70. The zero-order valence-corrected chi connectivity index (χ0v) is 18.8. The summed E-state index contributed by atoms with van der Waals surface area (Å²) in [5.41, 5.74) is -1.32. The number of hydrogen-bond donors (Lipinski definition) is 1. The fraction of sp³-hybridized carbons (Fsp3) is 0.760. The molecule has 4 aliphatic rings. The van der Waals surface area contributed by atoms with Crippen LogP contribution in [0.2, 0.25) is 0 Å². The Bertz CT molecular complexity index is 871. The lowest BCUT2D eigenvalue weighted by Crippen LogP contribution is -2.60. The predicted molar refractivity (Wildman–Crippen MR) is 111 cm³/mol. The van der Waals surface area contributed by atoms with Gasteiger partial charge in [0.15, 0.2) is 11.6 Å². The van der Waals surface area contributed by atoms with Gasteiger partial charge in [0.25, 0.3) is 0 Å². The van der Waals surface area contributed by atoms with Crippen LogP contribution in [-0.2, 0) is 19.2 Å². The maximum Gasteiger partial charge on any atom is 0.161 e. The van der Waals surface area contributed by atoms with Crippen LogP contribution < -0.4 is 0 Å². The van der Waals surface area contributed by atoms with Crippen LogP contribution in [0, 0.1) is 40.4 Å². The van der Waals surface area contributed by atoms with Crippen LogP contribution in [0.15, 0.2) is 11.6 Å². The largest absolute Gasteiger partial charge is 0.381 e. The average molecular weight is 415 g/mol. The number of rotatable bonds is 3. The van der Waals surface area contributed by atoms with Gasteiger partial charge in [-0.3, -0.25) is 19.2 Å². The summed E-state index contributed by atoms with van der Waals surface area (Å²) in [6, 6.07) is 0. The lowest BCUT2D eigenvalue weighted by Gasteiger charge is -2.61. The summed E-state index contributed by atoms with van der Waals surface area (Å²) in [6.07, 6.45) is 5.22. The molecule has 5 nitrogen and oxygen atoms in total. The van der Waals surface area contributed by atoms with Crippen molar-refractivity contribution in [2.45, 2.75) is 78.7 Å². The molecule has 2 unspecified atom stereocenters. The van der Waals surface area contributed by atoms with Crippen LogP contribution in [-0.4, -0.2) is 33.8 Å². The second kappa shape index (κ2) is 6.69. The molecule has 0 spiro atoms. The van der Waals surface area contributed by atoms with Gasteiger partial charge in [0.05, 0.1) is 0 Å². The van der Waals surface area contributed by atoms with E-state index in [2.05, 4.69) is 6.92 Å². The van der Waals surface area contributed by atoms with E-state index in [1.54, 1.807) is 19.9 Å². The van der Waals surface area contributed by atoms with Crippen molar-refractivity contribution >= 4 is 23.1 Å². The minimum absolute atomic E-state index is 0.00309. The van der Waals surface area contributed by atoms with Crippen LogP contribution in [0.3, 0.4) is 0 Å². The third kappa shape index (κ3) is 2.63. The number of ketones is 4. The fourth-order valence-electron chi connectivity index (χ4n) is 8.06. The van der Waals surface area contributed by atoms with E-state index in [0.717, 1.165) is 18.4 Å². The Morgan fingerprint density at radius 3 is 2.23 bits per heavy atom. The standard InChI is InChI=1S/C25H34O5/c1-13(26)18-11-16-10-17(29)6-8-23(16,4)20-7-9-24(5)22(21(18)20)19(14(2)27)12-25(24,30)15(3)28/h10,18-22,30H,6-9,11-12H2,1-5H3/t18?,19?,20-,21+,22-,23-,24-,25-/m0/s1. The van der Waals surface area contributed by atoms with Gasteiger partial charge in [0.2, 0.25) is 0 Å². The number of carbonyl (C=O) groups is 4. The Kier molecular flexibility index (Phi) is 4.82. The van der Waals surface area contributed by atoms with Crippen LogP contribution in [0.25, 0.3) is 0 Å². The maximum absolute atomic E-state index is 12.9. The molecule has 4 aliphatic carbocycles. The third-order valence-corrected chi connectivity index (χ3v) is 9.79. The van der Waals surface area contributed by atoms with Crippen molar-refractivity contribution in [2.75, 3.05) is 0 Å². The normalized spacial score (nSPS) is 47.6. The molecular formula is C25H34O5. The molecular weight excluding hydrogens is 380 g/mol. The maximum atomic E-state index is 12.9. The van der Waals surface area contributed by atoms with Crippen LogP contribution in [0.5, 0.6) is 0 Å². The first kappa shape index (κ1) is 21.6. The number of allylic oxidation sites excluding steroid dienone is 1. The van der Waals surface area contributed by atoms with Gasteiger partial charge in [-0.05, 0) is 82.1 Å². The van der Waals surface area contributed by atoms with Crippen molar-refractivity contribution in [1.82, 2.24) is 0 Å². The summed E-state index contributed by atoms with van der Waals surface area (Å²) < 4.78 is 0. The van der Waals surface area contributed by atoms with Crippen molar-refractivity contribution in [3.05, 3.63) is 11.6 Å². The van der Waals surface area contributed by atoms with E-state index >= 15 is 0 Å². The lowest BCUT2D eigenvalue weighted by atomic mass is 9.43. The summed E-state index contributed by atoms with van der Waals surface area (Å²) in [6.45, 7) is 8.77. The fourth-order valence-corrected chi connectivity index (χ4v) is 8.06. The molecule has 0 aromatic heterocycles. The van der Waals surface area contributed by atoms with E-state index in [1.165, 1.54) is 6.92 Å². The van der Waals surface area contributed by atoms with E-state index in [0.29, 0.717) is 19.3 Å². The van der Waals surface area contributed by atoms with Crippen LogP contribution in [0.1, 0.15) is 73.1 Å². The Labute approximate surface area is 178 Å². The molecule has 0 saturated heterocycles. The number of fused-ring (bicyclic) bond motifs is 5. The first-order valence-electron chi connectivity index (χ1n) is 11.3. The summed E-state index contributed by atoms with van der Waals surface area (Å²) in [7, 11) is 0. The average Bonchev–Trinajstić information content (AvgIpc) is 2.91. The smallest absolute Gasteiger partial charge is 0.161 e. The van der Waals surface area contributed by atoms with Crippen LogP contribution in [0.4, 0.5) is 0 Å². The molecule has 3 saturated carbocycles. The van der Waals surface area contributed by atoms with Crippen molar-refractivity contribution in [2.24, 2.45) is 40.4 Å². The predicted octanol–water partition coefficient (Wildman–Crippen LogP) is 3.47. The Balaban J connectivity index is 1.89. The van der Waals surface area contributed by atoms with Gasteiger partial charge < -0.3 is 5.11 Å². The second-order valence-electron chi connectivity index (χ2n) is 11.0. The zero-order chi connectivity index (χ0) is 22.2. The molecule has 0 bridgehead atoms. The number of Topliss-reactive ketones (excluding diaryl/α,β-unsaturated/α-hetero) is 3. The minimum atomic E-state index is -1.53. The quantitative estimate of drug-likeness (QED) is 0.764. The highest BCUT2D eigenvalue weighted by atomic mass is 16.3. The summed E-state index contributed by atoms with van der Waals surface area (Å²) in [5.74, 6) is -0.841. The van der Waals surface area contributed by atoms with Gasteiger partial charge in [-0.25, -0.2) is 0 Å². The first-order chi connectivity index (χ1) is 13.9. The Morgan fingerprint density at radius 1 is 1.03 bits per heavy atom. The first-order valence-corrected chi connectivity index (χ1v) is 11.3. The van der Waals surface area contributed by atoms with E-state index in [4.69, 9.17) is 0 Å². The molecule has 0 amide bonds. The van der Waals surface area contributed by atoms with Gasteiger partial charge in [0.1, 0.15) is 17.2 Å². The molecule has 0 heterocycles. The summed E-state index contributed by atoms with van der Waals surface area (Å²) in [4.78, 5) is 50.4. The molecule has 8 atom stereocenters. The van der Waals surface area contributed by atoms with E-state index < -0.39 is 16.9 Å².